The second kappa shape index (κ2) is 4.31. The lowest BCUT2D eigenvalue weighted by Gasteiger charge is -2.26. The molecule has 1 aliphatic heterocycles. The molecule has 92 valence electrons. The van der Waals surface area contributed by atoms with Crippen molar-refractivity contribution in [3.63, 3.8) is 0 Å². The number of carbonyl (C=O) groups is 1. The summed E-state index contributed by atoms with van der Waals surface area (Å²) in [5.74, 6) is 0.566. The average molecular weight is 243 g/mol. The SMILES string of the molecule is CCOC1NC(=O)Oc2cc3ccccc3cc21. The predicted octanol–water partition coefficient (Wildman–Crippen LogP) is 2.98. The van der Waals surface area contributed by atoms with Gasteiger partial charge in [-0.15, -0.1) is 0 Å². The number of carbonyl (C=O) groups excluding carboxylic acids is 1. The summed E-state index contributed by atoms with van der Waals surface area (Å²) in [6, 6.07) is 11.8. The third-order valence-corrected chi connectivity index (χ3v) is 2.95. The summed E-state index contributed by atoms with van der Waals surface area (Å²) in [7, 11) is 0. The summed E-state index contributed by atoms with van der Waals surface area (Å²) in [5.41, 5.74) is 0.857. The molecule has 4 nitrogen and oxygen atoms in total. The first-order valence-electron chi connectivity index (χ1n) is 5.90. The Labute approximate surface area is 105 Å². The molecule has 1 N–H and O–H groups in total. The van der Waals surface area contributed by atoms with Gasteiger partial charge in [-0.1, -0.05) is 24.3 Å². The molecule has 1 heterocycles. The van der Waals surface area contributed by atoms with Crippen LogP contribution in [0.15, 0.2) is 36.4 Å². The fraction of sp³-hybridized carbons (Fsp3) is 0.214. The zero-order valence-electron chi connectivity index (χ0n) is 9.97. The summed E-state index contributed by atoms with van der Waals surface area (Å²) >= 11 is 0. The molecule has 4 heteroatoms. The van der Waals surface area contributed by atoms with Gasteiger partial charge in [0.2, 0.25) is 0 Å². The molecule has 1 unspecified atom stereocenters. The first kappa shape index (κ1) is 11.0. The Bertz CT molecular complexity index is 609. The second-order valence-corrected chi connectivity index (χ2v) is 4.11. The van der Waals surface area contributed by atoms with Crippen molar-refractivity contribution in [2.24, 2.45) is 0 Å². The van der Waals surface area contributed by atoms with Gasteiger partial charge < -0.3 is 9.47 Å². The molecule has 0 spiro atoms. The van der Waals surface area contributed by atoms with E-state index >= 15 is 0 Å². The van der Waals surface area contributed by atoms with Crippen LogP contribution in [0.3, 0.4) is 0 Å². The normalized spacial score (nSPS) is 18.1. The quantitative estimate of drug-likeness (QED) is 0.882. The minimum Gasteiger partial charge on any atom is -0.410 e. The van der Waals surface area contributed by atoms with E-state index in [0.29, 0.717) is 12.4 Å². The van der Waals surface area contributed by atoms with Crippen LogP contribution in [0.1, 0.15) is 18.7 Å². The molecule has 1 atom stereocenters. The van der Waals surface area contributed by atoms with Gasteiger partial charge in [0.05, 0.1) is 0 Å². The highest BCUT2D eigenvalue weighted by Crippen LogP contribution is 2.33. The summed E-state index contributed by atoms with van der Waals surface area (Å²) in [4.78, 5) is 11.4. The topological polar surface area (TPSA) is 47.6 Å². The van der Waals surface area contributed by atoms with Gasteiger partial charge in [0, 0.05) is 12.2 Å². The fourth-order valence-electron chi connectivity index (χ4n) is 2.14. The molecule has 1 aliphatic rings. The lowest BCUT2D eigenvalue weighted by atomic mass is 10.0. The van der Waals surface area contributed by atoms with Crippen molar-refractivity contribution in [2.75, 3.05) is 6.61 Å². The van der Waals surface area contributed by atoms with Gasteiger partial charge in [-0.05, 0) is 29.8 Å². The van der Waals surface area contributed by atoms with E-state index in [1.165, 1.54) is 0 Å². The van der Waals surface area contributed by atoms with E-state index < -0.39 is 12.3 Å². The molecule has 0 radical (unpaired) electrons. The van der Waals surface area contributed by atoms with Gasteiger partial charge in [-0.25, -0.2) is 4.79 Å². The van der Waals surface area contributed by atoms with E-state index in [1.807, 2.05) is 43.3 Å². The fourth-order valence-corrected chi connectivity index (χ4v) is 2.14. The van der Waals surface area contributed by atoms with Gasteiger partial charge in [0.25, 0.3) is 0 Å². The maximum absolute atomic E-state index is 11.4. The molecular weight excluding hydrogens is 230 g/mol. The van der Waals surface area contributed by atoms with E-state index in [1.54, 1.807) is 0 Å². The number of amides is 1. The van der Waals surface area contributed by atoms with Crippen LogP contribution >= 0.6 is 0 Å². The van der Waals surface area contributed by atoms with Crippen LogP contribution < -0.4 is 10.1 Å². The van der Waals surface area contributed by atoms with Crippen LogP contribution in [-0.2, 0) is 4.74 Å². The number of hydrogen-bond donors (Lipinski definition) is 1. The molecular formula is C14H13NO3. The van der Waals surface area contributed by atoms with Crippen molar-refractivity contribution in [1.82, 2.24) is 5.32 Å². The van der Waals surface area contributed by atoms with Crippen molar-refractivity contribution in [3.8, 4) is 5.75 Å². The molecule has 0 aromatic heterocycles. The first-order chi connectivity index (χ1) is 8.78. The van der Waals surface area contributed by atoms with Crippen molar-refractivity contribution >= 4 is 16.9 Å². The third kappa shape index (κ3) is 1.80. The maximum Gasteiger partial charge on any atom is 0.414 e. The van der Waals surface area contributed by atoms with E-state index in [-0.39, 0.29) is 0 Å². The standard InChI is InChI=1S/C14H13NO3/c1-2-17-13-11-7-9-5-3-4-6-10(9)8-12(11)18-14(16)15-13/h3-8,13H,2H2,1H3,(H,15,16). The number of rotatable bonds is 2. The Morgan fingerprint density at radius 1 is 1.28 bits per heavy atom. The number of ether oxygens (including phenoxy) is 2. The van der Waals surface area contributed by atoms with Crippen LogP contribution in [0.25, 0.3) is 10.8 Å². The van der Waals surface area contributed by atoms with E-state index in [2.05, 4.69) is 5.32 Å². The van der Waals surface area contributed by atoms with Crippen LogP contribution in [0.4, 0.5) is 4.79 Å². The van der Waals surface area contributed by atoms with Gasteiger partial charge in [-0.3, -0.25) is 5.32 Å². The Hall–Kier alpha value is -2.07. The Balaban J connectivity index is 2.15. The Kier molecular flexibility index (Phi) is 2.64. The van der Waals surface area contributed by atoms with Crippen molar-refractivity contribution in [3.05, 3.63) is 42.0 Å². The van der Waals surface area contributed by atoms with Gasteiger partial charge in [0.1, 0.15) is 5.75 Å². The summed E-state index contributed by atoms with van der Waals surface area (Å²) in [6.45, 7) is 2.42. The highest BCUT2D eigenvalue weighted by Gasteiger charge is 2.26. The van der Waals surface area contributed by atoms with Gasteiger partial charge in [-0.2, -0.15) is 0 Å². The van der Waals surface area contributed by atoms with Crippen molar-refractivity contribution in [2.45, 2.75) is 13.2 Å². The number of fused-ring (bicyclic) bond motifs is 2. The molecule has 0 saturated heterocycles. The predicted molar refractivity (Wildman–Crippen MR) is 67.5 cm³/mol. The summed E-state index contributed by atoms with van der Waals surface area (Å²) in [6.07, 6.45) is -0.910. The van der Waals surface area contributed by atoms with Crippen LogP contribution in [0, 0.1) is 0 Å². The molecule has 1 amide bonds. The first-order valence-corrected chi connectivity index (χ1v) is 5.90. The molecule has 18 heavy (non-hydrogen) atoms. The minimum atomic E-state index is -0.476. The summed E-state index contributed by atoms with van der Waals surface area (Å²) in [5, 5.41) is 4.80. The van der Waals surface area contributed by atoms with Gasteiger partial charge in [0.15, 0.2) is 6.23 Å². The highest BCUT2D eigenvalue weighted by molar-refractivity contribution is 5.87. The van der Waals surface area contributed by atoms with E-state index in [9.17, 15) is 4.79 Å². The number of nitrogens with one attached hydrogen (secondary N) is 1. The molecule has 2 aromatic carbocycles. The second-order valence-electron chi connectivity index (χ2n) is 4.11. The number of hydrogen-bond acceptors (Lipinski definition) is 3. The van der Waals surface area contributed by atoms with Gasteiger partial charge >= 0.3 is 6.09 Å². The molecule has 0 bridgehead atoms. The number of benzene rings is 2. The largest absolute Gasteiger partial charge is 0.414 e. The molecule has 0 aliphatic carbocycles. The zero-order valence-corrected chi connectivity index (χ0v) is 9.97. The average Bonchev–Trinajstić information content (AvgIpc) is 2.37. The minimum absolute atomic E-state index is 0.434. The monoisotopic (exact) mass is 243 g/mol. The lowest BCUT2D eigenvalue weighted by Crippen LogP contribution is -2.37. The lowest BCUT2D eigenvalue weighted by molar-refractivity contribution is 0.0303. The van der Waals surface area contributed by atoms with E-state index in [0.717, 1.165) is 16.3 Å². The highest BCUT2D eigenvalue weighted by atomic mass is 16.6. The van der Waals surface area contributed by atoms with Crippen LogP contribution in [0.5, 0.6) is 5.75 Å². The summed E-state index contributed by atoms with van der Waals surface area (Å²) < 4.78 is 10.7. The van der Waals surface area contributed by atoms with Crippen LogP contribution in [0.2, 0.25) is 0 Å². The van der Waals surface area contributed by atoms with Crippen molar-refractivity contribution in [1.29, 1.82) is 0 Å². The van der Waals surface area contributed by atoms with Crippen LogP contribution in [-0.4, -0.2) is 12.7 Å². The van der Waals surface area contributed by atoms with E-state index in [4.69, 9.17) is 9.47 Å². The molecule has 0 fully saturated rings. The molecule has 3 rings (SSSR count). The smallest absolute Gasteiger partial charge is 0.410 e. The Morgan fingerprint density at radius 2 is 2.00 bits per heavy atom. The Morgan fingerprint density at radius 3 is 2.72 bits per heavy atom. The zero-order chi connectivity index (χ0) is 12.5. The van der Waals surface area contributed by atoms with Crippen molar-refractivity contribution < 1.29 is 14.3 Å². The third-order valence-electron chi connectivity index (χ3n) is 2.95. The molecule has 2 aromatic rings. The molecule has 0 saturated carbocycles. The maximum atomic E-state index is 11.4.